The normalized spacial score (nSPS) is 11.4. The summed E-state index contributed by atoms with van der Waals surface area (Å²) in [7, 11) is -3.95. The third kappa shape index (κ3) is 5.71. The zero-order chi connectivity index (χ0) is 28.4. The second-order valence-electron chi connectivity index (χ2n) is 9.02. The van der Waals surface area contributed by atoms with Gasteiger partial charge in [-0.3, -0.25) is 18.9 Å². The maximum absolute atomic E-state index is 13.4. The molecule has 5 rings (SSSR count). The lowest BCUT2D eigenvalue weighted by Gasteiger charge is -2.13. The van der Waals surface area contributed by atoms with Crippen LogP contribution in [0.1, 0.15) is 27.4 Å². The summed E-state index contributed by atoms with van der Waals surface area (Å²) in [5, 5.41) is 3.21. The molecule has 0 aliphatic carbocycles. The number of benzene rings is 2. The molecule has 3 aromatic heterocycles. The van der Waals surface area contributed by atoms with E-state index in [1.54, 1.807) is 44.3 Å². The van der Waals surface area contributed by atoms with Crippen molar-refractivity contribution in [3.63, 3.8) is 0 Å². The van der Waals surface area contributed by atoms with Crippen molar-refractivity contribution in [3.8, 4) is 0 Å². The van der Waals surface area contributed by atoms with Gasteiger partial charge in [-0.15, -0.1) is 0 Å². The van der Waals surface area contributed by atoms with Gasteiger partial charge in [-0.05, 0) is 74.0 Å². The number of carbonyl (C=O) groups excluding carboxylic acids is 1. The van der Waals surface area contributed by atoms with E-state index in [-0.39, 0.29) is 28.5 Å². The Bertz CT molecular complexity index is 1890. The van der Waals surface area contributed by atoms with E-state index >= 15 is 0 Å². The minimum Gasteiger partial charge on any atom is -0.322 e. The van der Waals surface area contributed by atoms with Gasteiger partial charge < -0.3 is 5.32 Å². The maximum Gasteiger partial charge on any atom is 0.265 e. The van der Waals surface area contributed by atoms with Crippen molar-refractivity contribution in [1.29, 1.82) is 0 Å². The first-order valence-electron chi connectivity index (χ1n) is 12.1. The van der Waals surface area contributed by atoms with Gasteiger partial charge in [0.1, 0.15) is 28.7 Å². The summed E-state index contributed by atoms with van der Waals surface area (Å²) in [4.78, 5) is 39.0. The Morgan fingerprint density at radius 2 is 1.70 bits per heavy atom. The van der Waals surface area contributed by atoms with Crippen LogP contribution in [-0.4, -0.2) is 33.8 Å². The van der Waals surface area contributed by atoms with E-state index in [9.17, 15) is 22.4 Å². The number of hydrogen-bond acceptors (Lipinski definition) is 7. The zero-order valence-electron chi connectivity index (χ0n) is 21.4. The van der Waals surface area contributed by atoms with Crippen LogP contribution >= 0.6 is 0 Å². The van der Waals surface area contributed by atoms with Gasteiger partial charge in [0, 0.05) is 29.0 Å². The number of fused-ring (bicyclic) bond motifs is 1. The number of hydrogen-bond donors (Lipinski definition) is 2. The molecule has 2 N–H and O–H groups in total. The Kier molecular flexibility index (Phi) is 7.09. The van der Waals surface area contributed by atoms with E-state index in [1.165, 1.54) is 53.1 Å². The summed E-state index contributed by atoms with van der Waals surface area (Å²) in [6.45, 7) is 3.47. The fourth-order valence-corrected chi connectivity index (χ4v) is 5.16. The molecule has 0 atom stereocenters. The number of anilines is 2. The SMILES string of the molecule is Cc1cc(NS(=O)(=O)c2ccc(NC(=O)c3cc4cccnc4n(Cc4ccc(F)cc4)c3=O)cc2)nc(C)n1. The van der Waals surface area contributed by atoms with E-state index in [1.807, 2.05) is 0 Å². The molecule has 12 heteroatoms. The molecule has 2 aromatic carbocycles. The van der Waals surface area contributed by atoms with Crippen molar-refractivity contribution >= 4 is 38.5 Å². The number of carbonyl (C=O) groups is 1. The first-order chi connectivity index (χ1) is 19.1. The van der Waals surface area contributed by atoms with Gasteiger partial charge in [-0.2, -0.15) is 0 Å². The number of halogens is 1. The van der Waals surface area contributed by atoms with Crippen LogP contribution in [0.4, 0.5) is 15.9 Å². The lowest BCUT2D eigenvalue weighted by atomic mass is 10.1. The number of nitrogens with one attached hydrogen (secondary N) is 2. The van der Waals surface area contributed by atoms with Crippen LogP contribution in [-0.2, 0) is 16.6 Å². The Hall–Kier alpha value is -4.97. The number of aryl methyl sites for hydroxylation is 2. The highest BCUT2D eigenvalue weighted by atomic mass is 32.2. The predicted molar refractivity (Wildman–Crippen MR) is 148 cm³/mol. The molecule has 40 heavy (non-hydrogen) atoms. The van der Waals surface area contributed by atoms with E-state index < -0.39 is 27.3 Å². The van der Waals surface area contributed by atoms with Crippen molar-refractivity contribution in [2.24, 2.45) is 0 Å². The molecule has 0 spiro atoms. The molecule has 3 heterocycles. The van der Waals surface area contributed by atoms with Crippen LogP contribution in [0.25, 0.3) is 11.0 Å². The van der Waals surface area contributed by atoms with E-state index in [2.05, 4.69) is 25.0 Å². The molecule has 0 unspecified atom stereocenters. The highest BCUT2D eigenvalue weighted by Crippen LogP contribution is 2.19. The second-order valence-corrected chi connectivity index (χ2v) is 10.7. The van der Waals surface area contributed by atoms with E-state index in [0.29, 0.717) is 28.1 Å². The van der Waals surface area contributed by atoms with Crippen molar-refractivity contribution < 1.29 is 17.6 Å². The number of sulfonamides is 1. The fourth-order valence-electron chi connectivity index (χ4n) is 4.17. The monoisotopic (exact) mass is 558 g/mol. The highest BCUT2D eigenvalue weighted by molar-refractivity contribution is 7.92. The number of rotatable bonds is 7. The largest absolute Gasteiger partial charge is 0.322 e. The molecular weight excluding hydrogens is 535 g/mol. The van der Waals surface area contributed by atoms with Crippen molar-refractivity contribution in [2.45, 2.75) is 25.3 Å². The minimum atomic E-state index is -3.95. The van der Waals surface area contributed by atoms with Crippen molar-refractivity contribution in [1.82, 2.24) is 19.5 Å². The van der Waals surface area contributed by atoms with Crippen LogP contribution in [0, 0.1) is 19.7 Å². The predicted octanol–water partition coefficient (Wildman–Crippen LogP) is 4.04. The standard InChI is InChI=1S/C28H23FN6O4S/c1-17-14-25(32-18(2)31-17)34-40(38,39)23-11-9-22(10-12-23)33-27(36)24-15-20-4-3-13-30-26(20)35(28(24)37)16-19-5-7-21(29)8-6-19/h3-15H,16H2,1-2H3,(H,33,36)(H,31,32,34). The molecule has 0 radical (unpaired) electrons. The van der Waals surface area contributed by atoms with Gasteiger partial charge in [0.25, 0.3) is 21.5 Å². The summed E-state index contributed by atoms with van der Waals surface area (Å²) in [5.41, 5.74) is 1.23. The molecule has 5 aromatic rings. The lowest BCUT2D eigenvalue weighted by molar-refractivity contribution is 0.102. The Morgan fingerprint density at radius 3 is 2.40 bits per heavy atom. The number of aromatic nitrogens is 4. The fraction of sp³-hybridized carbons (Fsp3) is 0.107. The molecular formula is C28H23FN6O4S. The number of pyridine rings is 2. The Labute approximate surface area is 228 Å². The van der Waals surface area contributed by atoms with Crippen LogP contribution in [0.5, 0.6) is 0 Å². The molecule has 0 aliphatic rings. The summed E-state index contributed by atoms with van der Waals surface area (Å²) < 4.78 is 42.8. The Balaban J connectivity index is 1.40. The van der Waals surface area contributed by atoms with Crippen molar-refractivity contribution in [3.05, 3.63) is 118 Å². The molecule has 0 bridgehead atoms. The summed E-state index contributed by atoms with van der Waals surface area (Å²) >= 11 is 0. The quantitative estimate of drug-likeness (QED) is 0.308. The average Bonchev–Trinajstić information content (AvgIpc) is 2.90. The van der Waals surface area contributed by atoms with E-state index in [0.717, 1.165) is 0 Å². The smallest absolute Gasteiger partial charge is 0.265 e. The first-order valence-corrected chi connectivity index (χ1v) is 13.6. The second kappa shape index (κ2) is 10.7. The number of nitrogens with zero attached hydrogens (tertiary/aromatic N) is 4. The van der Waals surface area contributed by atoms with Crippen molar-refractivity contribution in [2.75, 3.05) is 10.0 Å². The lowest BCUT2D eigenvalue weighted by Crippen LogP contribution is -2.30. The first kappa shape index (κ1) is 26.6. The van der Waals surface area contributed by atoms with Crippen LogP contribution in [0.3, 0.4) is 0 Å². The zero-order valence-corrected chi connectivity index (χ0v) is 22.2. The number of amides is 1. The highest BCUT2D eigenvalue weighted by Gasteiger charge is 2.19. The third-order valence-electron chi connectivity index (χ3n) is 5.97. The Morgan fingerprint density at radius 1 is 0.975 bits per heavy atom. The molecule has 0 aliphatic heterocycles. The molecule has 0 fully saturated rings. The minimum absolute atomic E-state index is 0.0437. The van der Waals surface area contributed by atoms with Crippen LogP contribution in [0.15, 0.2) is 88.7 Å². The molecule has 202 valence electrons. The summed E-state index contributed by atoms with van der Waals surface area (Å²) in [6.07, 6.45) is 1.54. The van der Waals surface area contributed by atoms with Crippen LogP contribution in [0.2, 0.25) is 0 Å². The molecule has 0 saturated carbocycles. The topological polar surface area (TPSA) is 136 Å². The summed E-state index contributed by atoms with van der Waals surface area (Å²) in [5.74, 6) is -0.507. The van der Waals surface area contributed by atoms with Gasteiger partial charge in [0.05, 0.1) is 11.4 Å². The van der Waals surface area contributed by atoms with Gasteiger partial charge in [-0.1, -0.05) is 12.1 Å². The van der Waals surface area contributed by atoms with E-state index in [4.69, 9.17) is 0 Å². The molecule has 10 nitrogen and oxygen atoms in total. The van der Waals surface area contributed by atoms with Gasteiger partial charge >= 0.3 is 0 Å². The van der Waals surface area contributed by atoms with Gasteiger partial charge in [0.2, 0.25) is 0 Å². The molecule has 0 saturated heterocycles. The van der Waals surface area contributed by atoms with Gasteiger partial charge in [0.15, 0.2) is 0 Å². The summed E-state index contributed by atoms with van der Waals surface area (Å²) in [6, 6.07) is 17.6. The third-order valence-corrected chi connectivity index (χ3v) is 7.34. The molecule has 1 amide bonds. The van der Waals surface area contributed by atoms with Crippen LogP contribution < -0.4 is 15.6 Å². The maximum atomic E-state index is 13.4. The van der Waals surface area contributed by atoms with Gasteiger partial charge in [-0.25, -0.2) is 27.8 Å². The average molecular weight is 559 g/mol.